The van der Waals surface area contributed by atoms with Gasteiger partial charge in [0, 0.05) is 22.2 Å². The molecule has 0 atom stereocenters. The summed E-state index contributed by atoms with van der Waals surface area (Å²) in [7, 11) is -7.17. The molecule has 0 saturated carbocycles. The molecule has 0 unspecified atom stereocenters. The molecule has 0 aliphatic carbocycles. The molecule has 0 fully saturated rings. The van der Waals surface area contributed by atoms with E-state index in [1.165, 1.54) is 24.3 Å². The Kier molecular flexibility index (Phi) is 5.94. The number of hydrogen-bond donors (Lipinski definition) is 2. The standard InChI is InChI=1S/C19H16N5O4S2/c1-3-29(25,26)16-9-5-7-14(11-16)22-18-20-13-21-19(24-18)23-15-8-6-10-17(12-15)30(27,28)4-2/h3-12H,1-2H2,(H2,20,21,22,23,24). The summed E-state index contributed by atoms with van der Waals surface area (Å²) in [5, 5.41) is 7.47. The number of sulfone groups is 2. The smallest absolute Gasteiger partial charge is 0.232 e. The molecule has 2 aromatic carbocycles. The molecule has 11 heteroatoms. The molecule has 0 saturated heterocycles. The van der Waals surface area contributed by atoms with Crippen LogP contribution in [0.3, 0.4) is 0 Å². The third-order valence-electron chi connectivity index (χ3n) is 3.80. The zero-order valence-electron chi connectivity index (χ0n) is 15.5. The average Bonchev–Trinajstić information content (AvgIpc) is 2.74. The minimum absolute atomic E-state index is 0.0686. The molecule has 2 N–H and O–H groups in total. The monoisotopic (exact) mass is 442 g/mol. The maximum absolute atomic E-state index is 11.9. The number of nitrogens with zero attached hydrogens (tertiary/aromatic N) is 3. The lowest BCUT2D eigenvalue weighted by Crippen LogP contribution is -2.04. The van der Waals surface area contributed by atoms with Crippen molar-refractivity contribution in [3.8, 4) is 0 Å². The number of aromatic nitrogens is 3. The normalized spacial score (nSPS) is 11.5. The number of anilines is 4. The number of rotatable bonds is 8. The Labute approximate surface area is 174 Å². The summed E-state index contributed by atoms with van der Waals surface area (Å²) in [5.74, 6) is 0.214. The molecule has 0 aliphatic rings. The van der Waals surface area contributed by atoms with Crippen molar-refractivity contribution in [2.24, 2.45) is 0 Å². The molecule has 1 heterocycles. The molecule has 0 bridgehead atoms. The topological polar surface area (TPSA) is 131 Å². The van der Waals surface area contributed by atoms with E-state index in [2.05, 4.69) is 45.1 Å². The first-order chi connectivity index (χ1) is 14.2. The van der Waals surface area contributed by atoms with Gasteiger partial charge in [-0.15, -0.1) is 0 Å². The van der Waals surface area contributed by atoms with Crippen LogP contribution in [0.5, 0.6) is 0 Å². The van der Waals surface area contributed by atoms with Crippen molar-refractivity contribution in [3.05, 3.63) is 78.8 Å². The highest BCUT2D eigenvalue weighted by Crippen LogP contribution is 2.22. The fraction of sp³-hybridized carbons (Fsp3) is 0. The van der Waals surface area contributed by atoms with Crippen LogP contribution in [0, 0.1) is 6.33 Å². The van der Waals surface area contributed by atoms with Crippen molar-refractivity contribution >= 4 is 42.9 Å². The molecular formula is C19H16N5O4S2. The molecule has 0 spiro atoms. The van der Waals surface area contributed by atoms with E-state index in [1.807, 2.05) is 0 Å². The van der Waals surface area contributed by atoms with Crippen LogP contribution in [0.4, 0.5) is 23.3 Å². The van der Waals surface area contributed by atoms with Crippen LogP contribution in [0.2, 0.25) is 0 Å². The van der Waals surface area contributed by atoms with E-state index >= 15 is 0 Å². The van der Waals surface area contributed by atoms with Crippen LogP contribution in [0.15, 0.2) is 82.3 Å². The number of nitrogens with one attached hydrogen (secondary N) is 2. The van der Waals surface area contributed by atoms with E-state index in [0.717, 1.165) is 10.8 Å². The van der Waals surface area contributed by atoms with E-state index in [1.54, 1.807) is 24.3 Å². The lowest BCUT2D eigenvalue weighted by molar-refractivity contribution is 0.603. The fourth-order valence-electron chi connectivity index (χ4n) is 2.33. The third kappa shape index (κ3) is 4.88. The first-order valence-corrected chi connectivity index (χ1v) is 11.4. The Bertz CT molecular complexity index is 1220. The van der Waals surface area contributed by atoms with Gasteiger partial charge in [-0.2, -0.15) is 15.0 Å². The Morgan fingerprint density at radius 1 is 0.767 bits per heavy atom. The fourth-order valence-corrected chi connectivity index (χ4v) is 3.84. The van der Waals surface area contributed by atoms with Crippen LogP contribution in [-0.4, -0.2) is 31.8 Å². The minimum Gasteiger partial charge on any atom is -0.324 e. The number of hydrogen-bond acceptors (Lipinski definition) is 9. The Morgan fingerprint density at radius 3 is 1.60 bits per heavy atom. The van der Waals surface area contributed by atoms with Gasteiger partial charge in [-0.1, -0.05) is 25.3 Å². The highest BCUT2D eigenvalue weighted by Gasteiger charge is 2.12. The van der Waals surface area contributed by atoms with E-state index in [9.17, 15) is 16.8 Å². The van der Waals surface area contributed by atoms with Crippen molar-refractivity contribution in [1.82, 2.24) is 15.0 Å². The van der Waals surface area contributed by atoms with E-state index in [0.29, 0.717) is 11.4 Å². The Morgan fingerprint density at radius 2 is 1.20 bits per heavy atom. The van der Waals surface area contributed by atoms with Crippen LogP contribution in [0.1, 0.15) is 0 Å². The summed E-state index contributed by atoms with van der Waals surface area (Å²) >= 11 is 0. The average molecular weight is 443 g/mol. The van der Waals surface area contributed by atoms with Gasteiger partial charge >= 0.3 is 0 Å². The van der Waals surface area contributed by atoms with Crippen molar-refractivity contribution in [2.45, 2.75) is 9.79 Å². The van der Waals surface area contributed by atoms with Gasteiger partial charge in [-0.25, -0.2) is 16.8 Å². The zero-order valence-corrected chi connectivity index (χ0v) is 17.1. The molecule has 30 heavy (non-hydrogen) atoms. The van der Waals surface area contributed by atoms with Gasteiger partial charge in [0.15, 0.2) is 19.7 Å². The van der Waals surface area contributed by atoms with Crippen molar-refractivity contribution in [3.63, 3.8) is 0 Å². The molecule has 3 aromatic rings. The van der Waals surface area contributed by atoms with Gasteiger partial charge in [-0.3, -0.25) is 0 Å². The second-order valence-corrected chi connectivity index (χ2v) is 9.60. The Hall–Kier alpha value is -3.57. The maximum atomic E-state index is 11.9. The summed E-state index contributed by atoms with van der Waals surface area (Å²) < 4.78 is 47.7. The molecule has 0 aliphatic heterocycles. The van der Waals surface area contributed by atoms with Crippen LogP contribution < -0.4 is 10.6 Å². The van der Waals surface area contributed by atoms with Crippen LogP contribution in [0.25, 0.3) is 0 Å². The second-order valence-electron chi connectivity index (χ2n) is 5.81. The SMILES string of the molecule is C=CS(=O)(=O)c1cccc(Nc2n[c]nc(Nc3cccc(S(=O)(=O)C=C)c3)n2)c1. The summed E-state index contributed by atoms with van der Waals surface area (Å²) in [5.41, 5.74) is 0.866. The lowest BCUT2D eigenvalue weighted by Gasteiger charge is -2.09. The van der Waals surface area contributed by atoms with Gasteiger partial charge in [0.1, 0.15) is 0 Å². The summed E-state index contributed by atoms with van der Waals surface area (Å²) in [4.78, 5) is 12.1. The maximum Gasteiger partial charge on any atom is 0.232 e. The highest BCUT2D eigenvalue weighted by atomic mass is 32.2. The molecule has 9 nitrogen and oxygen atoms in total. The third-order valence-corrected chi connectivity index (χ3v) is 6.50. The lowest BCUT2D eigenvalue weighted by atomic mass is 10.3. The van der Waals surface area contributed by atoms with Gasteiger partial charge in [-0.05, 0) is 36.4 Å². The Balaban J connectivity index is 1.83. The minimum atomic E-state index is -3.59. The largest absolute Gasteiger partial charge is 0.324 e. The van der Waals surface area contributed by atoms with Crippen LogP contribution >= 0.6 is 0 Å². The van der Waals surface area contributed by atoms with Crippen molar-refractivity contribution < 1.29 is 16.8 Å². The first-order valence-electron chi connectivity index (χ1n) is 8.35. The summed E-state index contributed by atoms with van der Waals surface area (Å²) in [6.45, 7) is 6.61. The molecule has 0 amide bonds. The second kappa shape index (κ2) is 8.43. The molecular weight excluding hydrogens is 426 g/mol. The van der Waals surface area contributed by atoms with Crippen LogP contribution in [-0.2, 0) is 19.7 Å². The molecule has 153 valence electrons. The van der Waals surface area contributed by atoms with E-state index in [4.69, 9.17) is 0 Å². The van der Waals surface area contributed by atoms with Gasteiger partial charge in [0.25, 0.3) is 0 Å². The number of benzene rings is 2. The van der Waals surface area contributed by atoms with Crippen molar-refractivity contribution in [2.75, 3.05) is 10.6 Å². The summed E-state index contributed by atoms with van der Waals surface area (Å²) in [6, 6.07) is 12.1. The van der Waals surface area contributed by atoms with Crippen molar-refractivity contribution in [1.29, 1.82) is 0 Å². The molecule has 1 aromatic heterocycles. The highest BCUT2D eigenvalue weighted by molar-refractivity contribution is 7.94. The predicted octanol–water partition coefficient (Wildman–Crippen LogP) is 2.99. The summed E-state index contributed by atoms with van der Waals surface area (Å²) in [6.07, 6.45) is 2.43. The first kappa shape index (κ1) is 21.1. The molecule has 1 radical (unpaired) electrons. The van der Waals surface area contributed by atoms with Gasteiger partial charge < -0.3 is 10.6 Å². The van der Waals surface area contributed by atoms with E-state index < -0.39 is 19.7 Å². The molecule has 3 rings (SSSR count). The van der Waals surface area contributed by atoms with Gasteiger partial charge in [0.05, 0.1) is 9.79 Å². The zero-order chi connectivity index (χ0) is 21.8. The van der Waals surface area contributed by atoms with E-state index in [-0.39, 0.29) is 21.7 Å². The predicted molar refractivity (Wildman–Crippen MR) is 113 cm³/mol. The van der Waals surface area contributed by atoms with Gasteiger partial charge in [0.2, 0.25) is 18.2 Å². The quantitative estimate of drug-likeness (QED) is 0.540.